The molecule has 0 saturated carbocycles. The van der Waals surface area contributed by atoms with E-state index in [2.05, 4.69) is 9.97 Å². The molecule has 128 valence electrons. The van der Waals surface area contributed by atoms with E-state index in [1.807, 2.05) is 48.5 Å². The zero-order valence-electron chi connectivity index (χ0n) is 14.5. The number of aromatic nitrogens is 2. The minimum Gasteiger partial charge on any atom is -0.497 e. The van der Waals surface area contributed by atoms with E-state index < -0.39 is 0 Å². The van der Waals surface area contributed by atoms with Gasteiger partial charge in [-0.1, -0.05) is 18.2 Å². The van der Waals surface area contributed by atoms with Crippen molar-refractivity contribution in [2.24, 2.45) is 0 Å². The molecule has 5 nitrogen and oxygen atoms in total. The Morgan fingerprint density at radius 3 is 2.44 bits per heavy atom. The van der Waals surface area contributed by atoms with Gasteiger partial charge in [0, 0.05) is 18.2 Å². The van der Waals surface area contributed by atoms with Crippen molar-refractivity contribution in [2.75, 3.05) is 21.3 Å². The summed E-state index contributed by atoms with van der Waals surface area (Å²) in [6.45, 7) is 0. The van der Waals surface area contributed by atoms with Crippen LogP contribution in [-0.4, -0.2) is 31.3 Å². The highest BCUT2D eigenvalue weighted by Gasteiger charge is 2.08. The summed E-state index contributed by atoms with van der Waals surface area (Å²) >= 11 is 0. The third-order valence-electron chi connectivity index (χ3n) is 3.88. The summed E-state index contributed by atoms with van der Waals surface area (Å²) in [6, 6.07) is 15.5. The Balaban J connectivity index is 1.87. The topological polar surface area (TPSA) is 53.5 Å². The Labute approximate surface area is 147 Å². The van der Waals surface area contributed by atoms with E-state index in [1.165, 1.54) is 0 Å². The van der Waals surface area contributed by atoms with Gasteiger partial charge in [-0.3, -0.25) is 0 Å². The van der Waals surface area contributed by atoms with E-state index in [9.17, 15) is 0 Å². The van der Waals surface area contributed by atoms with Crippen LogP contribution in [0.15, 0.2) is 54.7 Å². The van der Waals surface area contributed by atoms with E-state index in [1.54, 1.807) is 27.5 Å². The Hall–Kier alpha value is -3.08. The van der Waals surface area contributed by atoms with Crippen LogP contribution in [0, 0.1) is 0 Å². The first-order chi connectivity index (χ1) is 12.2. The number of hydrogen-bond donors (Lipinski definition) is 0. The van der Waals surface area contributed by atoms with Crippen LogP contribution in [0.1, 0.15) is 11.4 Å². The molecule has 0 aliphatic rings. The van der Waals surface area contributed by atoms with Crippen molar-refractivity contribution >= 4 is 0 Å². The molecule has 5 heteroatoms. The molecule has 0 N–H and O–H groups in total. The van der Waals surface area contributed by atoms with Crippen LogP contribution in [0.3, 0.4) is 0 Å². The second-order valence-corrected chi connectivity index (χ2v) is 5.46. The minimum absolute atomic E-state index is 0.609. The molecular weight excluding hydrogens is 316 g/mol. The fraction of sp³-hybridized carbons (Fsp3) is 0.200. The SMILES string of the molecule is COc1cccc(-c2ccnc(Cc3ccc(OC)c(OC)c3)n2)c1. The second-order valence-electron chi connectivity index (χ2n) is 5.46. The van der Waals surface area contributed by atoms with Crippen LogP contribution in [0.25, 0.3) is 11.3 Å². The Morgan fingerprint density at radius 2 is 1.68 bits per heavy atom. The molecule has 3 rings (SSSR count). The van der Waals surface area contributed by atoms with Gasteiger partial charge in [0.25, 0.3) is 0 Å². The molecule has 2 aromatic carbocycles. The predicted octanol–water partition coefficient (Wildman–Crippen LogP) is 3.76. The molecule has 0 saturated heterocycles. The molecule has 1 aromatic heterocycles. The maximum Gasteiger partial charge on any atom is 0.161 e. The first-order valence-electron chi connectivity index (χ1n) is 7.90. The molecule has 0 aliphatic carbocycles. The summed E-state index contributed by atoms with van der Waals surface area (Å²) in [4.78, 5) is 9.06. The molecule has 3 aromatic rings. The van der Waals surface area contributed by atoms with Crippen LogP contribution < -0.4 is 14.2 Å². The first kappa shape index (κ1) is 16.8. The fourth-order valence-corrected chi connectivity index (χ4v) is 2.60. The molecule has 0 fully saturated rings. The van der Waals surface area contributed by atoms with Crippen molar-refractivity contribution < 1.29 is 14.2 Å². The van der Waals surface area contributed by atoms with E-state index in [0.717, 1.165) is 28.4 Å². The van der Waals surface area contributed by atoms with Crippen LogP contribution in [-0.2, 0) is 6.42 Å². The molecule has 1 heterocycles. The average molecular weight is 336 g/mol. The van der Waals surface area contributed by atoms with Crippen LogP contribution in [0.2, 0.25) is 0 Å². The van der Waals surface area contributed by atoms with Gasteiger partial charge in [0.05, 0.1) is 27.0 Å². The van der Waals surface area contributed by atoms with Gasteiger partial charge in [-0.2, -0.15) is 0 Å². The van der Waals surface area contributed by atoms with Crippen molar-refractivity contribution in [3.8, 4) is 28.5 Å². The molecule has 0 amide bonds. The zero-order chi connectivity index (χ0) is 17.6. The number of rotatable bonds is 6. The molecule has 0 spiro atoms. The molecule has 0 unspecified atom stereocenters. The number of nitrogens with zero attached hydrogens (tertiary/aromatic N) is 2. The minimum atomic E-state index is 0.609. The van der Waals surface area contributed by atoms with Crippen molar-refractivity contribution in [3.05, 3.63) is 66.1 Å². The lowest BCUT2D eigenvalue weighted by Gasteiger charge is -2.10. The van der Waals surface area contributed by atoms with Gasteiger partial charge in [0.1, 0.15) is 11.6 Å². The van der Waals surface area contributed by atoms with Gasteiger partial charge in [0.15, 0.2) is 11.5 Å². The lowest BCUT2D eigenvalue weighted by atomic mass is 10.1. The van der Waals surface area contributed by atoms with Crippen LogP contribution in [0.4, 0.5) is 0 Å². The highest BCUT2D eigenvalue weighted by atomic mass is 16.5. The summed E-state index contributed by atoms with van der Waals surface area (Å²) < 4.78 is 15.9. The molecule has 0 bridgehead atoms. The Morgan fingerprint density at radius 1 is 0.840 bits per heavy atom. The largest absolute Gasteiger partial charge is 0.497 e. The summed E-state index contributed by atoms with van der Waals surface area (Å²) in [5.74, 6) is 2.95. The summed E-state index contributed by atoms with van der Waals surface area (Å²) in [5.41, 5.74) is 2.92. The summed E-state index contributed by atoms with van der Waals surface area (Å²) in [7, 11) is 4.90. The number of hydrogen-bond acceptors (Lipinski definition) is 5. The zero-order valence-corrected chi connectivity index (χ0v) is 14.5. The lowest BCUT2D eigenvalue weighted by molar-refractivity contribution is 0.354. The normalized spacial score (nSPS) is 10.4. The standard InChI is InChI=1S/C20H20N2O3/c1-23-16-6-4-5-15(13-16)17-9-10-21-20(22-17)12-14-7-8-18(24-2)19(11-14)25-3/h4-11,13H,12H2,1-3H3. The molecule has 0 aliphatic heterocycles. The first-order valence-corrected chi connectivity index (χ1v) is 7.90. The smallest absolute Gasteiger partial charge is 0.161 e. The molecule has 0 radical (unpaired) electrons. The van der Waals surface area contributed by atoms with E-state index >= 15 is 0 Å². The van der Waals surface area contributed by atoms with Gasteiger partial charge < -0.3 is 14.2 Å². The van der Waals surface area contributed by atoms with Gasteiger partial charge >= 0.3 is 0 Å². The predicted molar refractivity (Wildman–Crippen MR) is 96.4 cm³/mol. The second kappa shape index (κ2) is 7.66. The summed E-state index contributed by atoms with van der Waals surface area (Å²) in [5, 5.41) is 0. The molecule has 0 atom stereocenters. The quantitative estimate of drug-likeness (QED) is 0.686. The van der Waals surface area contributed by atoms with Gasteiger partial charge in [-0.05, 0) is 35.9 Å². The molecular formula is C20H20N2O3. The number of ether oxygens (including phenoxy) is 3. The van der Waals surface area contributed by atoms with Gasteiger partial charge in [-0.25, -0.2) is 9.97 Å². The van der Waals surface area contributed by atoms with Gasteiger partial charge in [0.2, 0.25) is 0 Å². The van der Waals surface area contributed by atoms with E-state index in [-0.39, 0.29) is 0 Å². The highest BCUT2D eigenvalue weighted by molar-refractivity contribution is 5.60. The van der Waals surface area contributed by atoms with Crippen molar-refractivity contribution in [1.29, 1.82) is 0 Å². The Bertz CT molecular complexity index is 865. The molecule has 25 heavy (non-hydrogen) atoms. The van der Waals surface area contributed by atoms with Crippen molar-refractivity contribution in [2.45, 2.75) is 6.42 Å². The van der Waals surface area contributed by atoms with Crippen molar-refractivity contribution in [1.82, 2.24) is 9.97 Å². The Kier molecular flexibility index (Phi) is 5.14. The van der Waals surface area contributed by atoms with Crippen LogP contribution in [0.5, 0.6) is 17.2 Å². The maximum absolute atomic E-state index is 5.35. The highest BCUT2D eigenvalue weighted by Crippen LogP contribution is 2.28. The number of benzene rings is 2. The lowest BCUT2D eigenvalue weighted by Crippen LogP contribution is -1.99. The van der Waals surface area contributed by atoms with E-state index in [4.69, 9.17) is 14.2 Å². The fourth-order valence-electron chi connectivity index (χ4n) is 2.60. The summed E-state index contributed by atoms with van der Waals surface area (Å²) in [6.07, 6.45) is 2.38. The van der Waals surface area contributed by atoms with Crippen LogP contribution >= 0.6 is 0 Å². The van der Waals surface area contributed by atoms with Gasteiger partial charge in [-0.15, -0.1) is 0 Å². The third kappa shape index (κ3) is 3.88. The maximum atomic E-state index is 5.35. The number of methoxy groups -OCH3 is 3. The third-order valence-corrected chi connectivity index (χ3v) is 3.88. The van der Waals surface area contributed by atoms with Crippen molar-refractivity contribution in [3.63, 3.8) is 0 Å². The average Bonchev–Trinajstić information content (AvgIpc) is 2.68. The van der Waals surface area contributed by atoms with E-state index in [0.29, 0.717) is 17.9 Å². The monoisotopic (exact) mass is 336 g/mol.